The van der Waals surface area contributed by atoms with Crippen LogP contribution in [0.4, 0.5) is 5.82 Å². The lowest BCUT2D eigenvalue weighted by Gasteiger charge is -2.12. The Bertz CT molecular complexity index is 561. The van der Waals surface area contributed by atoms with Gasteiger partial charge in [-0.15, -0.1) is 11.3 Å². The molecule has 1 aromatic carbocycles. The van der Waals surface area contributed by atoms with E-state index < -0.39 is 0 Å². The second-order valence-electron chi connectivity index (χ2n) is 4.56. The van der Waals surface area contributed by atoms with Crippen LogP contribution in [0.5, 0.6) is 5.75 Å². The molecule has 0 unspecified atom stereocenters. The van der Waals surface area contributed by atoms with Crippen LogP contribution in [0.15, 0.2) is 18.2 Å². The summed E-state index contributed by atoms with van der Waals surface area (Å²) in [5.41, 5.74) is 8.28. The first-order valence-corrected chi connectivity index (χ1v) is 6.75. The zero-order valence-corrected chi connectivity index (χ0v) is 12.0. The van der Waals surface area contributed by atoms with Gasteiger partial charge in [0.15, 0.2) is 0 Å². The van der Waals surface area contributed by atoms with E-state index in [1.54, 1.807) is 18.4 Å². The van der Waals surface area contributed by atoms with E-state index in [-0.39, 0.29) is 0 Å². The molecular weight excluding hydrogens is 244 g/mol. The number of methoxy groups -OCH3 is 1. The van der Waals surface area contributed by atoms with E-state index in [1.807, 2.05) is 13.0 Å². The molecule has 96 valence electrons. The molecule has 0 radical (unpaired) electrons. The number of anilines is 1. The minimum Gasteiger partial charge on any atom is -0.496 e. The standard InChI is InChI=1S/C14H18N2OS/c1-8(2)10-5-6-12(17-4)11(7-10)13-14(15)16-9(3)18-13/h5-8H,15H2,1-4H3. The van der Waals surface area contributed by atoms with Crippen LogP contribution in [0.3, 0.4) is 0 Å². The molecule has 0 aliphatic rings. The number of nitrogen functional groups attached to an aromatic ring is 1. The zero-order valence-electron chi connectivity index (χ0n) is 11.2. The summed E-state index contributed by atoms with van der Waals surface area (Å²) in [7, 11) is 1.68. The summed E-state index contributed by atoms with van der Waals surface area (Å²) < 4.78 is 5.42. The summed E-state index contributed by atoms with van der Waals surface area (Å²) in [4.78, 5) is 5.27. The van der Waals surface area contributed by atoms with E-state index in [2.05, 4.69) is 31.0 Å². The largest absolute Gasteiger partial charge is 0.496 e. The molecule has 0 saturated heterocycles. The Balaban J connectivity index is 2.60. The van der Waals surface area contributed by atoms with Crippen molar-refractivity contribution in [1.82, 2.24) is 4.98 Å². The molecule has 0 amide bonds. The maximum Gasteiger partial charge on any atom is 0.142 e. The first-order valence-electron chi connectivity index (χ1n) is 5.94. The van der Waals surface area contributed by atoms with Gasteiger partial charge in [0.05, 0.1) is 17.0 Å². The molecule has 2 aromatic rings. The fourth-order valence-electron chi connectivity index (χ4n) is 1.90. The van der Waals surface area contributed by atoms with Crippen LogP contribution >= 0.6 is 11.3 Å². The molecule has 0 spiro atoms. The summed E-state index contributed by atoms with van der Waals surface area (Å²) in [6.07, 6.45) is 0. The van der Waals surface area contributed by atoms with Gasteiger partial charge < -0.3 is 10.5 Å². The number of aromatic nitrogens is 1. The van der Waals surface area contributed by atoms with Gasteiger partial charge in [-0.05, 0) is 30.5 Å². The van der Waals surface area contributed by atoms with E-state index in [0.717, 1.165) is 21.2 Å². The lowest BCUT2D eigenvalue weighted by molar-refractivity contribution is 0.416. The molecule has 18 heavy (non-hydrogen) atoms. The van der Waals surface area contributed by atoms with Crippen LogP contribution in [0.2, 0.25) is 0 Å². The smallest absolute Gasteiger partial charge is 0.142 e. The number of hydrogen-bond acceptors (Lipinski definition) is 4. The van der Waals surface area contributed by atoms with Gasteiger partial charge in [-0.3, -0.25) is 0 Å². The first kappa shape index (κ1) is 12.9. The lowest BCUT2D eigenvalue weighted by atomic mass is 9.99. The molecule has 0 bridgehead atoms. The number of thiazole rings is 1. The van der Waals surface area contributed by atoms with Crippen molar-refractivity contribution in [1.29, 1.82) is 0 Å². The molecule has 4 heteroatoms. The van der Waals surface area contributed by atoms with Gasteiger partial charge in [-0.25, -0.2) is 4.98 Å². The van der Waals surface area contributed by atoms with Crippen LogP contribution in [0.25, 0.3) is 10.4 Å². The minimum absolute atomic E-state index is 0.477. The second kappa shape index (κ2) is 4.98. The Morgan fingerprint density at radius 2 is 2.06 bits per heavy atom. The second-order valence-corrected chi connectivity index (χ2v) is 5.76. The van der Waals surface area contributed by atoms with Crippen molar-refractivity contribution >= 4 is 17.2 Å². The lowest BCUT2D eigenvalue weighted by Crippen LogP contribution is -1.94. The van der Waals surface area contributed by atoms with Crippen LogP contribution in [0, 0.1) is 6.92 Å². The molecule has 0 aliphatic heterocycles. The van der Waals surface area contributed by atoms with Crippen molar-refractivity contribution in [2.75, 3.05) is 12.8 Å². The normalized spacial score (nSPS) is 10.9. The Morgan fingerprint density at radius 3 is 2.56 bits per heavy atom. The SMILES string of the molecule is COc1ccc(C(C)C)cc1-c1sc(C)nc1N. The Hall–Kier alpha value is -1.55. The van der Waals surface area contributed by atoms with Crippen LogP contribution < -0.4 is 10.5 Å². The molecule has 1 heterocycles. The summed E-state index contributed by atoms with van der Waals surface area (Å²) in [6.45, 7) is 6.31. The van der Waals surface area contributed by atoms with Gasteiger partial charge in [0.2, 0.25) is 0 Å². The molecule has 2 rings (SSSR count). The van der Waals surface area contributed by atoms with Crippen molar-refractivity contribution in [2.24, 2.45) is 0 Å². The fraction of sp³-hybridized carbons (Fsp3) is 0.357. The zero-order chi connectivity index (χ0) is 13.3. The third kappa shape index (κ3) is 2.34. The Labute approximate surface area is 112 Å². The quantitative estimate of drug-likeness (QED) is 0.914. The van der Waals surface area contributed by atoms with Crippen molar-refractivity contribution in [3.63, 3.8) is 0 Å². The van der Waals surface area contributed by atoms with Crippen molar-refractivity contribution < 1.29 is 4.74 Å². The highest BCUT2D eigenvalue weighted by molar-refractivity contribution is 7.15. The Kier molecular flexibility index (Phi) is 3.57. The van der Waals surface area contributed by atoms with E-state index in [9.17, 15) is 0 Å². The molecule has 0 fully saturated rings. The third-order valence-corrected chi connectivity index (χ3v) is 3.92. The molecule has 0 atom stereocenters. The van der Waals surface area contributed by atoms with Gasteiger partial charge >= 0.3 is 0 Å². The summed E-state index contributed by atoms with van der Waals surface area (Å²) >= 11 is 1.60. The minimum atomic E-state index is 0.477. The van der Waals surface area contributed by atoms with Gasteiger partial charge in [0, 0.05) is 5.56 Å². The first-order chi connectivity index (χ1) is 8.52. The number of benzene rings is 1. The molecule has 2 N–H and O–H groups in total. The van der Waals surface area contributed by atoms with Crippen LogP contribution in [0.1, 0.15) is 30.3 Å². The molecule has 0 saturated carbocycles. The van der Waals surface area contributed by atoms with Gasteiger partial charge in [0.25, 0.3) is 0 Å². The van der Waals surface area contributed by atoms with Crippen LogP contribution in [-0.2, 0) is 0 Å². The molecule has 3 nitrogen and oxygen atoms in total. The highest BCUT2D eigenvalue weighted by Crippen LogP contribution is 2.39. The Morgan fingerprint density at radius 1 is 1.33 bits per heavy atom. The highest BCUT2D eigenvalue weighted by Gasteiger charge is 2.14. The number of ether oxygens (including phenoxy) is 1. The van der Waals surface area contributed by atoms with E-state index in [4.69, 9.17) is 10.5 Å². The highest BCUT2D eigenvalue weighted by atomic mass is 32.1. The maximum absolute atomic E-state index is 5.97. The number of nitrogens with two attached hydrogens (primary N) is 1. The summed E-state index contributed by atoms with van der Waals surface area (Å²) in [6, 6.07) is 6.24. The predicted molar refractivity (Wildman–Crippen MR) is 77.3 cm³/mol. The van der Waals surface area contributed by atoms with Crippen molar-refractivity contribution in [3.05, 3.63) is 28.8 Å². The summed E-state index contributed by atoms with van der Waals surface area (Å²) in [5, 5.41) is 0.972. The van der Waals surface area contributed by atoms with Crippen molar-refractivity contribution in [3.8, 4) is 16.2 Å². The average Bonchev–Trinajstić information content (AvgIpc) is 2.67. The van der Waals surface area contributed by atoms with Gasteiger partial charge in [-0.2, -0.15) is 0 Å². The third-order valence-electron chi connectivity index (χ3n) is 2.90. The van der Waals surface area contributed by atoms with Gasteiger partial charge in [0.1, 0.15) is 11.6 Å². The average molecular weight is 262 g/mol. The number of aryl methyl sites for hydroxylation is 1. The summed E-state index contributed by atoms with van der Waals surface area (Å²) in [5.74, 6) is 1.90. The van der Waals surface area contributed by atoms with E-state index >= 15 is 0 Å². The molecule has 1 aromatic heterocycles. The number of rotatable bonds is 3. The van der Waals surface area contributed by atoms with Gasteiger partial charge in [-0.1, -0.05) is 19.9 Å². The number of hydrogen-bond donors (Lipinski definition) is 1. The molecular formula is C14H18N2OS. The number of nitrogens with zero attached hydrogens (tertiary/aromatic N) is 1. The predicted octanol–water partition coefficient (Wildman–Crippen LogP) is 3.83. The van der Waals surface area contributed by atoms with E-state index in [1.165, 1.54) is 5.56 Å². The molecule has 0 aliphatic carbocycles. The van der Waals surface area contributed by atoms with E-state index in [0.29, 0.717) is 11.7 Å². The topological polar surface area (TPSA) is 48.1 Å². The van der Waals surface area contributed by atoms with Crippen molar-refractivity contribution in [2.45, 2.75) is 26.7 Å². The monoisotopic (exact) mass is 262 g/mol. The maximum atomic E-state index is 5.97. The van der Waals surface area contributed by atoms with Crippen LogP contribution in [-0.4, -0.2) is 12.1 Å². The fourth-order valence-corrected chi connectivity index (χ4v) is 2.76.